The maximum atomic E-state index is 6.01. The van der Waals surface area contributed by atoms with Crippen LogP contribution in [0.15, 0.2) is 28.8 Å². The maximum absolute atomic E-state index is 6.01. The van der Waals surface area contributed by atoms with Gasteiger partial charge in [0.05, 0.1) is 6.04 Å². The standard InChI is InChI=1S/C15H17N3O2/c1-9(2)13(16)15-17-14(18-20-15)11-7-10-5-3-4-6-12(10)19-8-11/h3-7,9,13H,8,16H2,1-2H3/t13-/m1/s1. The van der Waals surface area contributed by atoms with Crippen LogP contribution < -0.4 is 10.5 Å². The number of rotatable bonds is 3. The quantitative estimate of drug-likeness (QED) is 0.929. The van der Waals surface area contributed by atoms with Gasteiger partial charge in [0.2, 0.25) is 11.7 Å². The molecule has 0 aliphatic carbocycles. The van der Waals surface area contributed by atoms with Crippen molar-refractivity contribution in [2.24, 2.45) is 11.7 Å². The Morgan fingerprint density at radius 3 is 2.85 bits per heavy atom. The van der Waals surface area contributed by atoms with Crippen LogP contribution in [0.1, 0.15) is 37.2 Å². The lowest BCUT2D eigenvalue weighted by Crippen LogP contribution is -2.17. The van der Waals surface area contributed by atoms with Gasteiger partial charge in [0.15, 0.2) is 0 Å². The van der Waals surface area contributed by atoms with Crippen LogP contribution in [0.2, 0.25) is 0 Å². The Kier molecular flexibility index (Phi) is 3.28. The average Bonchev–Trinajstić information content (AvgIpc) is 2.95. The molecule has 0 fully saturated rings. The lowest BCUT2D eigenvalue weighted by atomic mass is 10.1. The van der Waals surface area contributed by atoms with Crippen molar-refractivity contribution in [1.82, 2.24) is 10.1 Å². The summed E-state index contributed by atoms with van der Waals surface area (Å²) in [4.78, 5) is 4.38. The highest BCUT2D eigenvalue weighted by atomic mass is 16.5. The molecule has 0 spiro atoms. The molecule has 2 aromatic rings. The van der Waals surface area contributed by atoms with Gasteiger partial charge in [-0.2, -0.15) is 4.98 Å². The fourth-order valence-corrected chi connectivity index (χ4v) is 2.03. The highest BCUT2D eigenvalue weighted by Crippen LogP contribution is 2.29. The number of nitrogens with two attached hydrogens (primary N) is 1. The SMILES string of the molecule is CC(C)[C@@H](N)c1nc(C2=Cc3ccccc3OC2)no1. The highest BCUT2D eigenvalue weighted by Gasteiger charge is 2.21. The van der Waals surface area contributed by atoms with Crippen molar-refractivity contribution in [2.45, 2.75) is 19.9 Å². The second-order valence-corrected chi connectivity index (χ2v) is 5.22. The van der Waals surface area contributed by atoms with Crippen LogP contribution in [0.25, 0.3) is 11.6 Å². The zero-order valence-corrected chi connectivity index (χ0v) is 11.5. The minimum atomic E-state index is -0.242. The van der Waals surface area contributed by atoms with E-state index < -0.39 is 0 Å². The molecular weight excluding hydrogens is 254 g/mol. The third kappa shape index (κ3) is 2.32. The van der Waals surface area contributed by atoms with Gasteiger partial charge in [-0.1, -0.05) is 37.2 Å². The van der Waals surface area contributed by atoms with Gasteiger partial charge in [0, 0.05) is 11.1 Å². The summed E-state index contributed by atoms with van der Waals surface area (Å²) >= 11 is 0. The number of benzene rings is 1. The minimum Gasteiger partial charge on any atom is -0.488 e. The molecule has 2 heterocycles. The molecule has 1 atom stereocenters. The number of fused-ring (bicyclic) bond motifs is 1. The molecule has 0 radical (unpaired) electrons. The third-order valence-electron chi connectivity index (χ3n) is 3.36. The first-order valence-electron chi connectivity index (χ1n) is 6.67. The van der Waals surface area contributed by atoms with Gasteiger partial charge in [-0.15, -0.1) is 0 Å². The van der Waals surface area contributed by atoms with Gasteiger partial charge >= 0.3 is 0 Å². The van der Waals surface area contributed by atoms with E-state index in [-0.39, 0.29) is 12.0 Å². The second kappa shape index (κ2) is 5.09. The van der Waals surface area contributed by atoms with Gasteiger partial charge in [-0.05, 0) is 18.1 Å². The third-order valence-corrected chi connectivity index (χ3v) is 3.36. The fraction of sp³-hybridized carbons (Fsp3) is 0.333. The Morgan fingerprint density at radius 1 is 1.25 bits per heavy atom. The summed E-state index contributed by atoms with van der Waals surface area (Å²) in [7, 11) is 0. The Hall–Kier alpha value is -2.14. The van der Waals surface area contributed by atoms with E-state index in [0.717, 1.165) is 16.9 Å². The van der Waals surface area contributed by atoms with Crippen molar-refractivity contribution in [3.63, 3.8) is 0 Å². The number of hydrogen-bond donors (Lipinski definition) is 1. The van der Waals surface area contributed by atoms with Crippen molar-refractivity contribution in [1.29, 1.82) is 0 Å². The van der Waals surface area contributed by atoms with Crippen LogP contribution in [0.5, 0.6) is 5.75 Å². The van der Waals surface area contributed by atoms with Crippen molar-refractivity contribution < 1.29 is 9.26 Å². The number of aromatic nitrogens is 2. The molecule has 5 nitrogen and oxygen atoms in total. The molecule has 0 saturated heterocycles. The normalized spacial score (nSPS) is 15.5. The van der Waals surface area contributed by atoms with Gasteiger partial charge in [0.25, 0.3) is 0 Å². The first kappa shape index (κ1) is 12.9. The number of nitrogens with zero attached hydrogens (tertiary/aromatic N) is 2. The molecule has 2 N–H and O–H groups in total. The lowest BCUT2D eigenvalue weighted by molar-refractivity contribution is 0.322. The van der Waals surface area contributed by atoms with E-state index in [1.54, 1.807) is 0 Å². The molecule has 0 amide bonds. The summed E-state index contributed by atoms with van der Waals surface area (Å²) in [5.41, 5.74) is 7.93. The Bertz CT molecular complexity index is 646. The van der Waals surface area contributed by atoms with Crippen LogP contribution in [-0.2, 0) is 0 Å². The van der Waals surface area contributed by atoms with Crippen molar-refractivity contribution >= 4 is 11.6 Å². The molecule has 1 aromatic heterocycles. The highest BCUT2D eigenvalue weighted by molar-refractivity contribution is 5.82. The van der Waals surface area contributed by atoms with Crippen molar-refractivity contribution in [2.75, 3.05) is 6.61 Å². The number of para-hydroxylation sites is 1. The topological polar surface area (TPSA) is 74.2 Å². The monoisotopic (exact) mass is 271 g/mol. The van der Waals surface area contributed by atoms with Crippen molar-refractivity contribution in [3.8, 4) is 5.75 Å². The van der Waals surface area contributed by atoms with Gasteiger partial charge in [0.1, 0.15) is 12.4 Å². The van der Waals surface area contributed by atoms with Gasteiger partial charge < -0.3 is 15.0 Å². The van der Waals surface area contributed by atoms with Gasteiger partial charge in [-0.3, -0.25) is 0 Å². The first-order chi connectivity index (χ1) is 9.65. The van der Waals surface area contributed by atoms with Crippen LogP contribution in [-0.4, -0.2) is 16.7 Å². The van der Waals surface area contributed by atoms with E-state index in [4.69, 9.17) is 15.0 Å². The summed E-state index contributed by atoms with van der Waals surface area (Å²) in [6.45, 7) is 4.48. The number of ether oxygens (including phenoxy) is 1. The largest absolute Gasteiger partial charge is 0.488 e. The van der Waals surface area contributed by atoms with E-state index in [2.05, 4.69) is 10.1 Å². The van der Waals surface area contributed by atoms with E-state index in [1.165, 1.54) is 0 Å². The molecular formula is C15H17N3O2. The minimum absolute atomic E-state index is 0.242. The summed E-state index contributed by atoms with van der Waals surface area (Å²) in [5.74, 6) is 2.14. The molecule has 1 aliphatic rings. The van der Waals surface area contributed by atoms with Crippen molar-refractivity contribution in [3.05, 3.63) is 41.5 Å². The van der Waals surface area contributed by atoms with E-state index >= 15 is 0 Å². The van der Waals surface area contributed by atoms with E-state index in [9.17, 15) is 0 Å². The molecule has 0 unspecified atom stereocenters. The van der Waals surface area contributed by atoms with E-state index in [1.807, 2.05) is 44.2 Å². The van der Waals surface area contributed by atoms with Crippen LogP contribution in [0, 0.1) is 5.92 Å². The maximum Gasteiger partial charge on any atom is 0.244 e. The summed E-state index contributed by atoms with van der Waals surface area (Å²) < 4.78 is 10.9. The smallest absolute Gasteiger partial charge is 0.244 e. The second-order valence-electron chi connectivity index (χ2n) is 5.22. The Morgan fingerprint density at radius 2 is 2.05 bits per heavy atom. The Labute approximate surface area is 117 Å². The summed E-state index contributed by atoms with van der Waals surface area (Å²) in [6.07, 6.45) is 2.02. The zero-order valence-electron chi connectivity index (χ0n) is 11.5. The number of hydrogen-bond acceptors (Lipinski definition) is 5. The first-order valence-corrected chi connectivity index (χ1v) is 6.67. The predicted molar refractivity (Wildman–Crippen MR) is 75.9 cm³/mol. The summed E-state index contributed by atoms with van der Waals surface area (Å²) in [6, 6.07) is 7.62. The molecule has 104 valence electrons. The average molecular weight is 271 g/mol. The molecule has 0 bridgehead atoms. The molecule has 5 heteroatoms. The fourth-order valence-electron chi connectivity index (χ4n) is 2.03. The Balaban J connectivity index is 1.90. The van der Waals surface area contributed by atoms with Crippen LogP contribution in [0.4, 0.5) is 0 Å². The molecule has 3 rings (SSSR count). The molecule has 20 heavy (non-hydrogen) atoms. The lowest BCUT2D eigenvalue weighted by Gasteiger charge is -2.15. The molecule has 1 aliphatic heterocycles. The van der Waals surface area contributed by atoms with Crippen LogP contribution >= 0.6 is 0 Å². The van der Waals surface area contributed by atoms with Gasteiger partial charge in [-0.25, -0.2) is 0 Å². The van der Waals surface area contributed by atoms with Crippen LogP contribution in [0.3, 0.4) is 0 Å². The predicted octanol–water partition coefficient (Wildman–Crippen LogP) is 2.66. The molecule has 0 saturated carbocycles. The molecule has 1 aromatic carbocycles. The summed E-state index contributed by atoms with van der Waals surface area (Å²) in [5, 5.41) is 4.00. The zero-order chi connectivity index (χ0) is 14.1. The van der Waals surface area contributed by atoms with E-state index in [0.29, 0.717) is 18.3 Å².